The number of nitrogens with zero attached hydrogens (tertiary/aromatic N) is 8. The van der Waals surface area contributed by atoms with Gasteiger partial charge in [0.15, 0.2) is 0 Å². The van der Waals surface area contributed by atoms with E-state index in [-0.39, 0.29) is 23.3 Å². The summed E-state index contributed by atoms with van der Waals surface area (Å²) < 4.78 is 36.8. The highest BCUT2D eigenvalue weighted by molar-refractivity contribution is 6.36. The molecular formula is C36H39ClF2N8O3. The average molecular weight is 705 g/mol. The predicted molar refractivity (Wildman–Crippen MR) is 186 cm³/mol. The summed E-state index contributed by atoms with van der Waals surface area (Å²) in [5.74, 6) is 0.0187. The van der Waals surface area contributed by atoms with Crippen molar-refractivity contribution in [1.29, 1.82) is 0 Å². The predicted octanol–water partition coefficient (Wildman–Crippen LogP) is 5.78. The van der Waals surface area contributed by atoms with E-state index in [2.05, 4.69) is 49.1 Å². The van der Waals surface area contributed by atoms with Gasteiger partial charge in [0, 0.05) is 67.9 Å². The molecule has 1 amide bonds. The molecule has 14 heteroatoms. The minimum absolute atomic E-state index is 0.0716. The van der Waals surface area contributed by atoms with Gasteiger partial charge in [-0.05, 0) is 62.7 Å². The van der Waals surface area contributed by atoms with Crippen molar-refractivity contribution in [3.63, 3.8) is 0 Å². The van der Waals surface area contributed by atoms with Crippen molar-refractivity contribution in [3.05, 3.63) is 70.5 Å². The lowest BCUT2D eigenvalue weighted by Gasteiger charge is -2.41. The summed E-state index contributed by atoms with van der Waals surface area (Å²) in [6.07, 6.45) is 5.13. The highest BCUT2D eigenvalue weighted by Gasteiger charge is 2.45. The van der Waals surface area contributed by atoms with Crippen molar-refractivity contribution in [1.82, 2.24) is 29.9 Å². The molecule has 11 nitrogen and oxygen atoms in total. The van der Waals surface area contributed by atoms with Crippen LogP contribution in [0.4, 0.5) is 20.3 Å². The van der Waals surface area contributed by atoms with Crippen LogP contribution in [0.2, 0.25) is 5.02 Å². The number of aromatic nitrogens is 4. The lowest BCUT2D eigenvalue weighted by Crippen LogP contribution is -2.53. The van der Waals surface area contributed by atoms with Gasteiger partial charge < -0.3 is 24.0 Å². The van der Waals surface area contributed by atoms with Crippen LogP contribution in [0, 0.1) is 5.92 Å². The maximum atomic E-state index is 12.7. The highest BCUT2D eigenvalue weighted by Crippen LogP contribution is 2.40. The summed E-state index contributed by atoms with van der Waals surface area (Å²) >= 11 is 6.73. The van der Waals surface area contributed by atoms with E-state index in [1.54, 1.807) is 4.90 Å². The minimum atomic E-state index is -2.83. The number of fused-ring (bicyclic) bond motifs is 3. The number of alkyl halides is 2. The second-order valence-electron chi connectivity index (χ2n) is 13.9. The highest BCUT2D eigenvalue weighted by atomic mass is 35.5. The van der Waals surface area contributed by atoms with E-state index in [0.29, 0.717) is 38.8 Å². The topological polar surface area (TPSA) is 104 Å². The number of carbonyl (C=O) groups excluding carboxylic acids is 1. The molecule has 4 aromatic rings. The molecule has 0 N–H and O–H groups in total. The number of amides is 1. The fraction of sp³-hybridized carbons (Fsp3) is 0.472. The first-order valence-corrected chi connectivity index (χ1v) is 17.6. The first-order valence-electron chi connectivity index (χ1n) is 17.3. The van der Waals surface area contributed by atoms with Crippen molar-refractivity contribution in [3.8, 4) is 6.01 Å². The van der Waals surface area contributed by atoms with Crippen LogP contribution in [0.1, 0.15) is 55.1 Å². The molecule has 0 saturated carbocycles. The zero-order valence-electron chi connectivity index (χ0n) is 27.9. The van der Waals surface area contributed by atoms with Crippen LogP contribution in [0.15, 0.2) is 47.0 Å². The first-order chi connectivity index (χ1) is 24.3. The van der Waals surface area contributed by atoms with E-state index < -0.39 is 12.2 Å². The van der Waals surface area contributed by atoms with Crippen LogP contribution in [-0.2, 0) is 17.8 Å². The molecular weight excluding hydrogens is 666 g/mol. The minimum Gasteiger partial charge on any atom is -0.461 e. The molecule has 0 bridgehead atoms. The van der Waals surface area contributed by atoms with Crippen molar-refractivity contribution in [2.45, 2.75) is 50.6 Å². The van der Waals surface area contributed by atoms with Gasteiger partial charge in [-0.25, -0.2) is 8.78 Å². The quantitative estimate of drug-likeness (QED) is 0.189. The fourth-order valence-electron chi connectivity index (χ4n) is 8.16. The van der Waals surface area contributed by atoms with Gasteiger partial charge in [0.2, 0.25) is 11.7 Å². The van der Waals surface area contributed by atoms with Gasteiger partial charge in [-0.2, -0.15) is 15.0 Å². The number of anilines is 2. The zero-order valence-corrected chi connectivity index (χ0v) is 28.7. The Morgan fingerprint density at radius 2 is 1.90 bits per heavy atom. The lowest BCUT2D eigenvalue weighted by atomic mass is 9.95. The van der Waals surface area contributed by atoms with Crippen LogP contribution >= 0.6 is 11.6 Å². The van der Waals surface area contributed by atoms with Crippen LogP contribution in [0.5, 0.6) is 6.01 Å². The van der Waals surface area contributed by atoms with Gasteiger partial charge >= 0.3 is 12.4 Å². The van der Waals surface area contributed by atoms with E-state index in [9.17, 15) is 13.6 Å². The molecule has 50 heavy (non-hydrogen) atoms. The van der Waals surface area contributed by atoms with E-state index in [1.807, 2.05) is 19.2 Å². The van der Waals surface area contributed by atoms with Crippen LogP contribution in [0.3, 0.4) is 0 Å². The summed E-state index contributed by atoms with van der Waals surface area (Å²) in [5.41, 5.74) is 3.22. The van der Waals surface area contributed by atoms with Crippen LogP contribution in [-0.4, -0.2) is 94.3 Å². The maximum absolute atomic E-state index is 12.7. The number of hydrogen-bond acceptors (Lipinski definition) is 10. The van der Waals surface area contributed by atoms with E-state index in [1.165, 1.54) is 25.0 Å². The molecule has 0 atom stereocenters. The van der Waals surface area contributed by atoms with E-state index in [0.717, 1.165) is 77.5 Å². The number of hydrogen-bond donors (Lipinski definition) is 0. The third kappa shape index (κ3) is 6.25. The van der Waals surface area contributed by atoms with Gasteiger partial charge in [-0.3, -0.25) is 9.69 Å². The van der Waals surface area contributed by atoms with Crippen LogP contribution < -0.4 is 14.5 Å². The Kier molecular flexibility index (Phi) is 8.80. The number of likely N-dealkylation sites (tertiary alicyclic amines) is 1. The van der Waals surface area contributed by atoms with Gasteiger partial charge in [-0.1, -0.05) is 41.0 Å². The first kappa shape index (κ1) is 32.8. The number of carbonyl (C=O) groups is 1. The zero-order chi connectivity index (χ0) is 34.4. The van der Waals surface area contributed by atoms with Gasteiger partial charge in [0.05, 0.1) is 22.8 Å². The molecule has 3 saturated heterocycles. The van der Waals surface area contributed by atoms with Crippen molar-refractivity contribution >= 4 is 45.9 Å². The lowest BCUT2D eigenvalue weighted by molar-refractivity contribution is -0.131. The largest absolute Gasteiger partial charge is 0.461 e. The monoisotopic (exact) mass is 704 g/mol. The molecule has 0 unspecified atom stereocenters. The molecule has 0 radical (unpaired) electrons. The Bertz CT molecular complexity index is 1920. The maximum Gasteiger partial charge on any atom is 0.318 e. The Morgan fingerprint density at radius 1 is 1.12 bits per heavy atom. The van der Waals surface area contributed by atoms with E-state index in [4.69, 9.17) is 30.8 Å². The summed E-state index contributed by atoms with van der Waals surface area (Å²) in [7, 11) is 2.04. The molecule has 6 heterocycles. The summed E-state index contributed by atoms with van der Waals surface area (Å²) in [6, 6.07) is 12.7. The second-order valence-corrected chi connectivity index (χ2v) is 14.3. The molecule has 4 aliphatic rings. The van der Waals surface area contributed by atoms with Gasteiger partial charge in [-0.15, -0.1) is 0 Å². The second kappa shape index (κ2) is 13.4. The summed E-state index contributed by atoms with van der Waals surface area (Å²) in [4.78, 5) is 35.2. The number of rotatable bonds is 10. The third-order valence-electron chi connectivity index (χ3n) is 10.7. The van der Waals surface area contributed by atoms with Crippen molar-refractivity contribution in [2.24, 2.45) is 5.92 Å². The third-order valence-corrected chi connectivity index (χ3v) is 11.0. The Labute approximate surface area is 293 Å². The normalized spacial score (nSPS) is 19.0. The Hall–Kier alpha value is -4.36. The summed E-state index contributed by atoms with van der Waals surface area (Å²) in [6.45, 7) is 6.03. The van der Waals surface area contributed by atoms with Crippen LogP contribution in [0.25, 0.3) is 16.8 Å². The molecule has 2 aromatic carbocycles. The number of benzene rings is 2. The fourth-order valence-corrected chi connectivity index (χ4v) is 8.44. The Balaban J connectivity index is 0.997. The molecule has 3 fully saturated rings. The molecule has 8 rings (SSSR count). The SMILES string of the molecule is CN(CC1CN(C(=O)/C=C/c2nc(C(F)F)no2)C1)c1nc(OCC23CCCN2CCC3)nc2c1CCN(c1cccc3cccc(Cl)c13)C2. The van der Waals surface area contributed by atoms with Gasteiger partial charge in [0.1, 0.15) is 12.4 Å². The number of halogens is 3. The summed E-state index contributed by atoms with van der Waals surface area (Å²) in [5, 5.41) is 6.09. The van der Waals surface area contributed by atoms with Crippen molar-refractivity contribution in [2.75, 3.05) is 62.7 Å². The number of ether oxygens (including phenoxy) is 1. The van der Waals surface area contributed by atoms with E-state index >= 15 is 0 Å². The average Bonchev–Trinajstić information content (AvgIpc) is 3.84. The standard InChI is InChI=1S/C36H39ClF2N8O3/c1-44(18-23-19-46(20-23)30(48)11-10-29-41-33(32(38)39)43-50-29)34-25-12-17-45(28-9-3-7-24-6-2-8-26(37)31(24)28)21-27(25)40-35(42-34)49-22-36-13-4-15-47(36)16-5-14-36/h2-3,6-11,23,32H,4-5,12-22H2,1H3/b11-10+. The van der Waals surface area contributed by atoms with Gasteiger partial charge in [0.25, 0.3) is 5.89 Å². The Morgan fingerprint density at radius 3 is 2.66 bits per heavy atom. The molecule has 2 aromatic heterocycles. The molecule has 4 aliphatic heterocycles. The van der Waals surface area contributed by atoms with Crippen molar-refractivity contribution < 1.29 is 22.8 Å². The smallest absolute Gasteiger partial charge is 0.318 e. The molecule has 0 spiro atoms. The molecule has 262 valence electrons. The molecule has 0 aliphatic carbocycles.